The van der Waals surface area contributed by atoms with Crippen LogP contribution in [-0.4, -0.2) is 58.4 Å². The number of nitro groups is 1. The summed E-state index contributed by atoms with van der Waals surface area (Å²) < 4.78 is 0. The largest absolute Gasteiger partial charge is 0.367 e. The zero-order valence-corrected chi connectivity index (χ0v) is 12.5. The van der Waals surface area contributed by atoms with Crippen molar-refractivity contribution in [2.45, 2.75) is 19.4 Å². The van der Waals surface area contributed by atoms with Crippen molar-refractivity contribution in [3.05, 3.63) is 16.4 Å². The predicted octanol–water partition coefficient (Wildman–Crippen LogP) is 0.484. The van der Waals surface area contributed by atoms with Gasteiger partial charge in [0, 0.05) is 27.2 Å². The molecule has 1 aliphatic heterocycles. The second kappa shape index (κ2) is 5.15. The van der Waals surface area contributed by atoms with E-state index < -0.39 is 10.5 Å². The number of hydrogen-bond donors (Lipinski definition) is 1. The normalized spacial score (nSPS) is 17.8. The van der Waals surface area contributed by atoms with Crippen LogP contribution in [-0.2, 0) is 4.79 Å². The first-order valence-corrected chi connectivity index (χ1v) is 6.51. The van der Waals surface area contributed by atoms with Crippen molar-refractivity contribution in [3.8, 4) is 0 Å². The number of piperazine rings is 1. The van der Waals surface area contributed by atoms with Gasteiger partial charge in [-0.05, 0) is 13.8 Å². The average molecular weight is 294 g/mol. The Morgan fingerprint density at radius 3 is 2.62 bits per heavy atom. The molecule has 1 aromatic rings. The Labute approximate surface area is 122 Å². The molecular formula is C12H18N6O3. The number of amides is 1. The number of likely N-dealkylation sites (N-methyl/N-ethyl adjacent to an activating group) is 1. The smallest absolute Gasteiger partial charge is 0.353 e. The van der Waals surface area contributed by atoms with E-state index in [4.69, 9.17) is 0 Å². The highest BCUT2D eigenvalue weighted by molar-refractivity contribution is 5.91. The molecule has 0 aliphatic carbocycles. The molecule has 1 N–H and O–H groups in total. The highest BCUT2D eigenvalue weighted by Gasteiger charge is 2.44. The molecule has 1 amide bonds. The van der Waals surface area contributed by atoms with E-state index in [-0.39, 0.29) is 23.2 Å². The molecule has 0 radical (unpaired) electrons. The number of carbonyl (C=O) groups is 1. The van der Waals surface area contributed by atoms with E-state index >= 15 is 0 Å². The fourth-order valence-electron chi connectivity index (χ4n) is 2.50. The first-order chi connectivity index (χ1) is 9.80. The van der Waals surface area contributed by atoms with Crippen molar-refractivity contribution >= 4 is 23.2 Å². The Bertz CT molecular complexity index is 588. The molecule has 2 heterocycles. The molecule has 1 saturated heterocycles. The van der Waals surface area contributed by atoms with E-state index in [9.17, 15) is 14.9 Å². The molecule has 21 heavy (non-hydrogen) atoms. The molecule has 0 spiro atoms. The molecule has 114 valence electrons. The van der Waals surface area contributed by atoms with Crippen molar-refractivity contribution in [2.24, 2.45) is 0 Å². The molecule has 1 fully saturated rings. The van der Waals surface area contributed by atoms with Crippen LogP contribution in [0.5, 0.6) is 0 Å². The van der Waals surface area contributed by atoms with Crippen LogP contribution in [0.4, 0.5) is 17.3 Å². The molecule has 1 aliphatic rings. The fourth-order valence-corrected chi connectivity index (χ4v) is 2.50. The molecule has 0 bridgehead atoms. The summed E-state index contributed by atoms with van der Waals surface area (Å²) in [5, 5.41) is 14.1. The summed E-state index contributed by atoms with van der Waals surface area (Å²) in [5.41, 5.74) is -1.12. The first-order valence-electron chi connectivity index (χ1n) is 6.51. The zero-order chi connectivity index (χ0) is 15.8. The number of nitrogens with one attached hydrogen (secondary N) is 1. The third-order valence-electron chi connectivity index (χ3n) is 3.68. The SMILES string of the molecule is CNc1ncnc(N2CCN(C)C(=O)C2(C)C)c1[N+](=O)[O-]. The third-order valence-corrected chi connectivity index (χ3v) is 3.68. The molecule has 9 heteroatoms. The van der Waals surface area contributed by atoms with Gasteiger partial charge < -0.3 is 15.1 Å². The monoisotopic (exact) mass is 294 g/mol. The Morgan fingerprint density at radius 2 is 2.05 bits per heavy atom. The highest BCUT2D eigenvalue weighted by atomic mass is 16.6. The summed E-state index contributed by atoms with van der Waals surface area (Å²) in [7, 11) is 3.27. The summed E-state index contributed by atoms with van der Waals surface area (Å²) in [5.74, 6) is 0.186. The first kappa shape index (κ1) is 14.9. The zero-order valence-electron chi connectivity index (χ0n) is 12.5. The van der Waals surface area contributed by atoms with Crippen LogP contribution in [0.3, 0.4) is 0 Å². The van der Waals surface area contributed by atoms with Gasteiger partial charge in [-0.1, -0.05) is 0 Å². The molecule has 9 nitrogen and oxygen atoms in total. The second-order valence-corrected chi connectivity index (χ2v) is 5.34. The lowest BCUT2D eigenvalue weighted by Gasteiger charge is -2.45. The summed E-state index contributed by atoms with van der Waals surface area (Å²) >= 11 is 0. The number of nitrogens with zero attached hydrogens (tertiary/aromatic N) is 5. The third kappa shape index (κ3) is 2.34. The maximum Gasteiger partial charge on any atom is 0.353 e. The Hall–Kier alpha value is -2.45. The average Bonchev–Trinajstić information content (AvgIpc) is 2.44. The lowest BCUT2D eigenvalue weighted by molar-refractivity contribution is -0.383. The minimum Gasteiger partial charge on any atom is -0.367 e. The van der Waals surface area contributed by atoms with Crippen molar-refractivity contribution in [2.75, 3.05) is 37.4 Å². The van der Waals surface area contributed by atoms with Crippen molar-refractivity contribution in [1.82, 2.24) is 14.9 Å². The van der Waals surface area contributed by atoms with Crippen LogP contribution in [0, 0.1) is 10.1 Å². The van der Waals surface area contributed by atoms with Gasteiger partial charge in [0.15, 0.2) is 0 Å². The number of carbonyl (C=O) groups excluding carboxylic acids is 1. The molecule has 2 rings (SSSR count). The van der Waals surface area contributed by atoms with Gasteiger partial charge in [-0.2, -0.15) is 0 Å². The Balaban J connectivity index is 2.56. The maximum absolute atomic E-state index is 12.3. The predicted molar refractivity (Wildman–Crippen MR) is 77.3 cm³/mol. The van der Waals surface area contributed by atoms with Crippen LogP contribution in [0.2, 0.25) is 0 Å². The van der Waals surface area contributed by atoms with E-state index in [1.807, 2.05) is 0 Å². The minimum absolute atomic E-state index is 0.104. The molecule has 1 aromatic heterocycles. The highest BCUT2D eigenvalue weighted by Crippen LogP contribution is 2.36. The van der Waals surface area contributed by atoms with Crippen LogP contribution >= 0.6 is 0 Å². The number of anilines is 2. The van der Waals surface area contributed by atoms with Crippen LogP contribution in [0.1, 0.15) is 13.8 Å². The lowest BCUT2D eigenvalue weighted by atomic mass is 9.97. The quantitative estimate of drug-likeness (QED) is 0.638. The summed E-state index contributed by atoms with van der Waals surface area (Å²) in [6, 6.07) is 0. The van der Waals surface area contributed by atoms with Gasteiger partial charge in [0.1, 0.15) is 11.9 Å². The fraction of sp³-hybridized carbons (Fsp3) is 0.583. The van der Waals surface area contributed by atoms with Gasteiger partial charge in [-0.25, -0.2) is 9.97 Å². The van der Waals surface area contributed by atoms with E-state index in [0.29, 0.717) is 13.1 Å². The number of aromatic nitrogens is 2. The minimum atomic E-state index is -0.906. The number of rotatable bonds is 3. The van der Waals surface area contributed by atoms with E-state index in [1.165, 1.54) is 6.33 Å². The molecule has 0 unspecified atom stereocenters. The molecule has 0 aromatic carbocycles. The Morgan fingerprint density at radius 1 is 1.38 bits per heavy atom. The van der Waals surface area contributed by atoms with Gasteiger partial charge in [0.05, 0.1) is 4.92 Å². The van der Waals surface area contributed by atoms with Gasteiger partial charge in [0.2, 0.25) is 17.5 Å². The van der Waals surface area contributed by atoms with Gasteiger partial charge in [-0.3, -0.25) is 14.9 Å². The second-order valence-electron chi connectivity index (χ2n) is 5.34. The standard InChI is InChI=1S/C12H18N6O3/c1-12(2)11(19)16(4)5-6-17(12)10-8(18(20)21)9(13-3)14-7-15-10/h7H,5-6H2,1-4H3,(H,13,14,15). The molecule has 0 atom stereocenters. The van der Waals surface area contributed by atoms with Crippen LogP contribution in [0.25, 0.3) is 0 Å². The summed E-state index contributed by atoms with van der Waals surface area (Å²) in [6.07, 6.45) is 1.26. The number of hydrogen-bond acceptors (Lipinski definition) is 7. The van der Waals surface area contributed by atoms with Gasteiger partial charge in [-0.15, -0.1) is 0 Å². The van der Waals surface area contributed by atoms with Crippen molar-refractivity contribution < 1.29 is 9.72 Å². The summed E-state index contributed by atoms with van der Waals surface area (Å²) in [4.78, 5) is 34.4. The van der Waals surface area contributed by atoms with Crippen LogP contribution < -0.4 is 10.2 Å². The van der Waals surface area contributed by atoms with Crippen molar-refractivity contribution in [3.63, 3.8) is 0 Å². The summed E-state index contributed by atoms with van der Waals surface area (Å²) in [6.45, 7) is 4.42. The van der Waals surface area contributed by atoms with E-state index in [0.717, 1.165) is 0 Å². The lowest BCUT2D eigenvalue weighted by Crippen LogP contribution is -2.62. The van der Waals surface area contributed by atoms with E-state index in [2.05, 4.69) is 15.3 Å². The molecular weight excluding hydrogens is 276 g/mol. The van der Waals surface area contributed by atoms with E-state index in [1.54, 1.807) is 37.7 Å². The van der Waals surface area contributed by atoms with Gasteiger partial charge in [0.25, 0.3) is 0 Å². The maximum atomic E-state index is 12.3. The Kier molecular flexibility index (Phi) is 3.67. The van der Waals surface area contributed by atoms with Gasteiger partial charge >= 0.3 is 5.69 Å². The topological polar surface area (TPSA) is 104 Å². The van der Waals surface area contributed by atoms with Crippen LogP contribution in [0.15, 0.2) is 6.33 Å². The molecule has 0 saturated carbocycles. The van der Waals surface area contributed by atoms with Crippen molar-refractivity contribution in [1.29, 1.82) is 0 Å².